The predicted molar refractivity (Wildman–Crippen MR) is 65.1 cm³/mol. The molecular weight excluding hydrogens is 228 g/mol. The van der Waals surface area contributed by atoms with Crippen LogP contribution in [0.25, 0.3) is 0 Å². The molecule has 0 spiro atoms. The number of nitrogens with zero attached hydrogens (tertiary/aromatic N) is 1. The second kappa shape index (κ2) is 6.85. The van der Waals surface area contributed by atoms with E-state index >= 15 is 0 Å². The van der Waals surface area contributed by atoms with Gasteiger partial charge in [0.25, 0.3) is 0 Å². The van der Waals surface area contributed by atoms with Crippen LogP contribution in [-0.4, -0.2) is 56.9 Å². The van der Waals surface area contributed by atoms with Crippen molar-refractivity contribution in [2.24, 2.45) is 0 Å². The van der Waals surface area contributed by atoms with Gasteiger partial charge in [0, 0.05) is 25.4 Å². The van der Waals surface area contributed by atoms with Crippen molar-refractivity contribution < 1.29 is 13.2 Å². The maximum atomic E-state index is 11.6. The van der Waals surface area contributed by atoms with Gasteiger partial charge >= 0.3 is 0 Å². The number of amides is 1. The zero-order valence-electron chi connectivity index (χ0n) is 10.5. The lowest BCUT2D eigenvalue weighted by Gasteiger charge is -2.20. The molecule has 1 amide bonds. The number of sulfone groups is 1. The first-order chi connectivity index (χ1) is 7.30. The number of hydrogen-bond acceptors (Lipinski definition) is 4. The molecule has 16 heavy (non-hydrogen) atoms. The van der Waals surface area contributed by atoms with Crippen molar-refractivity contribution in [1.29, 1.82) is 0 Å². The van der Waals surface area contributed by atoms with E-state index in [1.165, 1.54) is 6.26 Å². The molecule has 0 aromatic heterocycles. The molecular formula is C10H22N2O3S. The molecule has 0 heterocycles. The molecule has 1 atom stereocenters. The maximum absolute atomic E-state index is 11.6. The topological polar surface area (TPSA) is 66.5 Å². The van der Waals surface area contributed by atoms with Crippen LogP contribution in [0.15, 0.2) is 0 Å². The van der Waals surface area contributed by atoms with E-state index in [2.05, 4.69) is 5.32 Å². The van der Waals surface area contributed by atoms with E-state index in [9.17, 15) is 13.2 Å². The van der Waals surface area contributed by atoms with Crippen LogP contribution in [0, 0.1) is 0 Å². The van der Waals surface area contributed by atoms with Crippen molar-refractivity contribution in [3.05, 3.63) is 0 Å². The van der Waals surface area contributed by atoms with Crippen LogP contribution < -0.4 is 5.32 Å². The van der Waals surface area contributed by atoms with Gasteiger partial charge in [-0.25, -0.2) is 8.42 Å². The van der Waals surface area contributed by atoms with E-state index in [0.717, 1.165) is 0 Å². The molecule has 0 aromatic rings. The molecule has 0 rings (SSSR count). The summed E-state index contributed by atoms with van der Waals surface area (Å²) < 4.78 is 22.0. The highest BCUT2D eigenvalue weighted by Crippen LogP contribution is 1.92. The van der Waals surface area contributed by atoms with Crippen LogP contribution in [-0.2, 0) is 14.6 Å². The van der Waals surface area contributed by atoms with Gasteiger partial charge in [0.15, 0.2) is 0 Å². The first-order valence-electron chi connectivity index (χ1n) is 5.49. The summed E-state index contributed by atoms with van der Waals surface area (Å²) >= 11 is 0. The molecule has 0 aliphatic heterocycles. The van der Waals surface area contributed by atoms with Gasteiger partial charge in [0.2, 0.25) is 5.91 Å². The average Bonchev–Trinajstić information content (AvgIpc) is 2.14. The summed E-state index contributed by atoms with van der Waals surface area (Å²) in [5.74, 6) is 0.0591. The maximum Gasteiger partial charge on any atom is 0.236 e. The van der Waals surface area contributed by atoms with Crippen LogP contribution in [0.1, 0.15) is 20.8 Å². The van der Waals surface area contributed by atoms with Crippen LogP contribution in [0.2, 0.25) is 0 Å². The van der Waals surface area contributed by atoms with Gasteiger partial charge in [-0.3, -0.25) is 4.79 Å². The third kappa shape index (κ3) is 6.79. The summed E-state index contributed by atoms with van der Waals surface area (Å²) in [7, 11) is -2.99. The second-order valence-corrected chi connectivity index (χ2v) is 6.13. The van der Waals surface area contributed by atoms with E-state index in [0.29, 0.717) is 13.1 Å². The minimum absolute atomic E-state index is 0.00495. The smallest absolute Gasteiger partial charge is 0.236 e. The first kappa shape index (κ1) is 15.4. The Morgan fingerprint density at radius 2 is 1.81 bits per heavy atom. The molecule has 1 N–H and O–H groups in total. The molecule has 0 fully saturated rings. The van der Waals surface area contributed by atoms with Gasteiger partial charge in [-0.1, -0.05) is 0 Å². The summed E-state index contributed by atoms with van der Waals surface area (Å²) in [6.45, 7) is 7.15. The zero-order valence-corrected chi connectivity index (χ0v) is 11.3. The lowest BCUT2D eigenvalue weighted by atomic mass is 10.3. The van der Waals surface area contributed by atoms with Crippen molar-refractivity contribution >= 4 is 15.7 Å². The van der Waals surface area contributed by atoms with Gasteiger partial charge < -0.3 is 10.2 Å². The first-order valence-corrected chi connectivity index (χ1v) is 7.55. The fourth-order valence-electron chi connectivity index (χ4n) is 1.46. The van der Waals surface area contributed by atoms with Gasteiger partial charge in [-0.2, -0.15) is 0 Å². The van der Waals surface area contributed by atoms with E-state index in [1.54, 1.807) is 11.8 Å². The van der Waals surface area contributed by atoms with E-state index in [1.807, 2.05) is 13.8 Å². The van der Waals surface area contributed by atoms with Crippen LogP contribution in [0.4, 0.5) is 0 Å². The molecule has 0 aliphatic rings. The normalized spacial score (nSPS) is 13.5. The largest absolute Gasteiger partial charge is 0.342 e. The van der Waals surface area contributed by atoms with Crippen molar-refractivity contribution in [3.63, 3.8) is 0 Å². The molecule has 0 aliphatic carbocycles. The summed E-state index contributed by atoms with van der Waals surface area (Å²) in [6.07, 6.45) is 1.19. The molecule has 5 nitrogen and oxygen atoms in total. The highest BCUT2D eigenvalue weighted by molar-refractivity contribution is 7.90. The summed E-state index contributed by atoms with van der Waals surface area (Å²) in [6, 6.07) is -0.200. The lowest BCUT2D eigenvalue weighted by Crippen LogP contribution is -2.42. The highest BCUT2D eigenvalue weighted by atomic mass is 32.2. The Labute approximate surface area is 98.1 Å². The van der Waals surface area contributed by atoms with E-state index in [-0.39, 0.29) is 24.2 Å². The molecule has 0 saturated carbocycles. The molecule has 6 heteroatoms. The Morgan fingerprint density at radius 3 is 2.19 bits per heavy atom. The predicted octanol–water partition coefficient (Wildman–Crippen LogP) is -0.122. The minimum Gasteiger partial charge on any atom is -0.342 e. The van der Waals surface area contributed by atoms with Crippen molar-refractivity contribution in [1.82, 2.24) is 10.2 Å². The molecule has 0 aromatic carbocycles. The number of rotatable bonds is 7. The Bertz CT molecular complexity index is 310. The number of nitrogens with one attached hydrogen (secondary N) is 1. The molecule has 0 radical (unpaired) electrons. The Morgan fingerprint density at radius 1 is 1.31 bits per heavy atom. The van der Waals surface area contributed by atoms with Crippen molar-refractivity contribution in [3.8, 4) is 0 Å². The highest BCUT2D eigenvalue weighted by Gasteiger charge is 2.13. The third-order valence-electron chi connectivity index (χ3n) is 2.27. The monoisotopic (exact) mass is 250 g/mol. The SMILES string of the molecule is CCN(CC)C(=O)CNC(C)CS(C)(=O)=O. The Balaban J connectivity index is 4.01. The summed E-state index contributed by atoms with van der Waals surface area (Å²) in [5.41, 5.74) is 0. The van der Waals surface area contributed by atoms with Gasteiger partial charge in [-0.05, 0) is 20.8 Å². The fourth-order valence-corrected chi connectivity index (χ4v) is 2.49. The van der Waals surface area contributed by atoms with Gasteiger partial charge in [0.1, 0.15) is 9.84 Å². The Hall–Kier alpha value is -0.620. The van der Waals surface area contributed by atoms with Crippen LogP contribution in [0.3, 0.4) is 0 Å². The van der Waals surface area contributed by atoms with Gasteiger partial charge in [0.05, 0.1) is 12.3 Å². The molecule has 96 valence electrons. The summed E-state index contributed by atoms with van der Waals surface area (Å²) in [5, 5.41) is 2.92. The number of likely N-dealkylation sites (N-methyl/N-ethyl adjacent to an activating group) is 1. The van der Waals surface area contributed by atoms with Gasteiger partial charge in [-0.15, -0.1) is 0 Å². The zero-order chi connectivity index (χ0) is 12.8. The van der Waals surface area contributed by atoms with E-state index in [4.69, 9.17) is 0 Å². The standard InChI is InChI=1S/C10H22N2O3S/c1-5-12(6-2)10(13)7-11-9(3)8-16(4,14)15/h9,11H,5-8H2,1-4H3. The average molecular weight is 250 g/mol. The molecule has 0 saturated heterocycles. The fraction of sp³-hybridized carbons (Fsp3) is 0.900. The second-order valence-electron chi connectivity index (χ2n) is 3.94. The van der Waals surface area contributed by atoms with E-state index < -0.39 is 9.84 Å². The third-order valence-corrected chi connectivity index (χ3v) is 3.38. The quantitative estimate of drug-likeness (QED) is 0.684. The summed E-state index contributed by atoms with van der Waals surface area (Å²) in [4.78, 5) is 13.3. The number of carbonyl (C=O) groups excluding carboxylic acids is 1. The molecule has 0 bridgehead atoms. The van der Waals surface area contributed by atoms with Crippen LogP contribution in [0.5, 0.6) is 0 Å². The number of carbonyl (C=O) groups is 1. The van der Waals surface area contributed by atoms with Crippen LogP contribution >= 0.6 is 0 Å². The van der Waals surface area contributed by atoms with Crippen molar-refractivity contribution in [2.45, 2.75) is 26.8 Å². The Kier molecular flexibility index (Phi) is 6.59. The number of hydrogen-bond donors (Lipinski definition) is 1. The van der Waals surface area contributed by atoms with Crippen molar-refractivity contribution in [2.75, 3.05) is 31.6 Å². The molecule has 1 unspecified atom stereocenters. The minimum atomic E-state index is -2.99. The lowest BCUT2D eigenvalue weighted by molar-refractivity contribution is -0.129.